The summed E-state index contributed by atoms with van der Waals surface area (Å²) in [5.74, 6) is 0. The number of amides is 1. The molecule has 0 bridgehead atoms. The highest BCUT2D eigenvalue weighted by molar-refractivity contribution is 7.71. The topological polar surface area (TPSA) is 84.8 Å². The summed E-state index contributed by atoms with van der Waals surface area (Å²) >= 11 is 21.4. The number of tetrazole rings is 1. The van der Waals surface area contributed by atoms with Crippen molar-refractivity contribution in [2.75, 3.05) is 11.9 Å². The number of halogens is 3. The number of hydrogen-bond donors (Lipinski definition) is 2. The summed E-state index contributed by atoms with van der Waals surface area (Å²) in [5.41, 5.74) is 1.11. The Morgan fingerprint density at radius 1 is 1.48 bits per heavy atom. The Morgan fingerprint density at radius 2 is 2.24 bits per heavy atom. The standard InChI is InChI=1S/C10H8Cl3N5O2S/c11-10(12,13)5-20-9(19)14-6-2-1-3-7(4-6)18-8(21)15-16-17-18/h1-4H,5H2,(H,14,19)(H,15,17,21). The van der Waals surface area contributed by atoms with Gasteiger partial charge in [-0.1, -0.05) is 51.2 Å². The maximum absolute atomic E-state index is 11.6. The molecule has 1 aromatic carbocycles. The van der Waals surface area contributed by atoms with Crippen LogP contribution in [0.3, 0.4) is 0 Å². The summed E-state index contributed by atoms with van der Waals surface area (Å²) in [6.07, 6.45) is -0.746. The number of hydrogen-bond acceptors (Lipinski definition) is 5. The molecule has 112 valence electrons. The summed E-state index contributed by atoms with van der Waals surface area (Å²) in [4.78, 5) is 11.6. The van der Waals surface area contributed by atoms with Crippen molar-refractivity contribution < 1.29 is 9.53 Å². The van der Waals surface area contributed by atoms with E-state index in [0.29, 0.717) is 11.4 Å². The van der Waals surface area contributed by atoms with Crippen LogP contribution in [0.5, 0.6) is 0 Å². The van der Waals surface area contributed by atoms with E-state index in [1.54, 1.807) is 24.3 Å². The molecule has 0 unspecified atom stereocenters. The average molecular weight is 369 g/mol. The molecule has 7 nitrogen and oxygen atoms in total. The Morgan fingerprint density at radius 3 is 2.86 bits per heavy atom. The number of ether oxygens (including phenoxy) is 1. The highest BCUT2D eigenvalue weighted by Gasteiger charge is 2.22. The Balaban J connectivity index is 2.07. The first-order valence-electron chi connectivity index (χ1n) is 5.46. The lowest BCUT2D eigenvalue weighted by atomic mass is 10.3. The van der Waals surface area contributed by atoms with Crippen molar-refractivity contribution >= 4 is 58.8 Å². The highest BCUT2D eigenvalue weighted by Crippen LogP contribution is 2.26. The SMILES string of the molecule is O=C(Nc1cccc(-n2[nH]nnc2=S)c1)OCC(Cl)(Cl)Cl. The molecule has 0 saturated carbocycles. The Kier molecular flexibility index (Phi) is 5.04. The smallest absolute Gasteiger partial charge is 0.411 e. The molecule has 1 aromatic heterocycles. The van der Waals surface area contributed by atoms with Crippen LogP contribution < -0.4 is 5.32 Å². The van der Waals surface area contributed by atoms with Gasteiger partial charge in [0.15, 0.2) is 0 Å². The minimum absolute atomic E-state index is 0.255. The first-order valence-corrected chi connectivity index (χ1v) is 7.00. The molecule has 0 atom stereocenters. The van der Waals surface area contributed by atoms with Crippen LogP contribution in [0.4, 0.5) is 10.5 Å². The second-order valence-corrected chi connectivity index (χ2v) is 6.67. The lowest BCUT2D eigenvalue weighted by Gasteiger charge is -2.12. The van der Waals surface area contributed by atoms with E-state index in [-0.39, 0.29) is 11.4 Å². The van der Waals surface area contributed by atoms with Gasteiger partial charge in [0.25, 0.3) is 0 Å². The zero-order chi connectivity index (χ0) is 15.5. The molecule has 2 rings (SSSR count). The van der Waals surface area contributed by atoms with E-state index >= 15 is 0 Å². The number of carbonyl (C=O) groups excluding carboxylic acids is 1. The van der Waals surface area contributed by atoms with Crippen LogP contribution in [0.25, 0.3) is 5.69 Å². The number of aromatic amines is 1. The number of benzene rings is 1. The number of nitrogens with zero attached hydrogens (tertiary/aromatic N) is 3. The second kappa shape index (κ2) is 6.61. The summed E-state index contributed by atoms with van der Waals surface area (Å²) in [6.45, 7) is -0.362. The molecular formula is C10H8Cl3N5O2S. The summed E-state index contributed by atoms with van der Waals surface area (Å²) < 4.78 is 4.82. The zero-order valence-electron chi connectivity index (χ0n) is 10.2. The van der Waals surface area contributed by atoms with Crippen LogP contribution in [-0.4, -0.2) is 36.7 Å². The number of H-pyrrole nitrogens is 1. The van der Waals surface area contributed by atoms with Crippen molar-refractivity contribution in [3.63, 3.8) is 0 Å². The molecule has 0 aliphatic carbocycles. The van der Waals surface area contributed by atoms with Crippen molar-refractivity contribution in [3.05, 3.63) is 29.0 Å². The molecule has 0 fully saturated rings. The fraction of sp³-hybridized carbons (Fsp3) is 0.200. The van der Waals surface area contributed by atoms with Gasteiger partial charge in [-0.2, -0.15) is 5.21 Å². The lowest BCUT2D eigenvalue weighted by Crippen LogP contribution is -2.21. The van der Waals surface area contributed by atoms with Gasteiger partial charge in [-0.15, -0.1) is 0 Å². The van der Waals surface area contributed by atoms with Crippen LogP contribution in [0.15, 0.2) is 24.3 Å². The van der Waals surface area contributed by atoms with E-state index in [1.807, 2.05) is 0 Å². The fourth-order valence-electron chi connectivity index (χ4n) is 1.39. The third-order valence-corrected chi connectivity index (χ3v) is 2.78. The quantitative estimate of drug-likeness (QED) is 0.642. The number of anilines is 1. The minimum atomic E-state index is -1.66. The van der Waals surface area contributed by atoms with Crippen LogP contribution in [-0.2, 0) is 4.74 Å². The number of nitrogens with one attached hydrogen (secondary N) is 2. The third kappa shape index (κ3) is 4.85. The highest BCUT2D eigenvalue weighted by atomic mass is 35.6. The van der Waals surface area contributed by atoms with Crippen LogP contribution in [0, 0.1) is 4.77 Å². The number of aromatic nitrogens is 4. The van der Waals surface area contributed by atoms with Crippen molar-refractivity contribution in [1.82, 2.24) is 20.2 Å². The van der Waals surface area contributed by atoms with Crippen molar-refractivity contribution in [3.8, 4) is 5.69 Å². The average Bonchev–Trinajstić information content (AvgIpc) is 2.82. The molecule has 0 saturated heterocycles. The predicted molar refractivity (Wildman–Crippen MR) is 81.8 cm³/mol. The zero-order valence-corrected chi connectivity index (χ0v) is 13.3. The molecule has 0 spiro atoms. The molecule has 2 N–H and O–H groups in total. The van der Waals surface area contributed by atoms with E-state index in [2.05, 4.69) is 20.8 Å². The summed E-state index contributed by atoms with van der Waals surface area (Å²) in [7, 11) is 0. The largest absolute Gasteiger partial charge is 0.445 e. The molecule has 0 aliphatic rings. The molecule has 2 aromatic rings. The maximum Gasteiger partial charge on any atom is 0.411 e. The first kappa shape index (κ1) is 16.0. The van der Waals surface area contributed by atoms with Gasteiger partial charge in [0, 0.05) is 5.69 Å². The predicted octanol–water partition coefficient (Wildman–Crippen LogP) is 3.24. The maximum atomic E-state index is 11.6. The van der Waals surface area contributed by atoms with Crippen LogP contribution in [0.1, 0.15) is 0 Å². The third-order valence-electron chi connectivity index (χ3n) is 2.19. The molecule has 11 heteroatoms. The van der Waals surface area contributed by atoms with E-state index in [1.165, 1.54) is 4.68 Å². The van der Waals surface area contributed by atoms with E-state index in [4.69, 9.17) is 51.8 Å². The molecular weight excluding hydrogens is 361 g/mol. The van der Waals surface area contributed by atoms with Crippen molar-refractivity contribution in [2.24, 2.45) is 0 Å². The first-order chi connectivity index (χ1) is 9.85. The van der Waals surface area contributed by atoms with Crippen LogP contribution >= 0.6 is 47.0 Å². The molecule has 0 radical (unpaired) electrons. The van der Waals surface area contributed by atoms with Gasteiger partial charge in [-0.05, 0) is 30.4 Å². The molecule has 21 heavy (non-hydrogen) atoms. The fourth-order valence-corrected chi connectivity index (χ4v) is 1.74. The van der Waals surface area contributed by atoms with Crippen LogP contribution in [0.2, 0.25) is 0 Å². The molecule has 0 aliphatic heterocycles. The monoisotopic (exact) mass is 367 g/mol. The van der Waals surface area contributed by atoms with Crippen molar-refractivity contribution in [1.29, 1.82) is 0 Å². The number of carbonyl (C=O) groups is 1. The minimum Gasteiger partial charge on any atom is -0.445 e. The van der Waals surface area contributed by atoms with Gasteiger partial charge >= 0.3 is 6.09 Å². The summed E-state index contributed by atoms with van der Waals surface area (Å²) in [5, 5.41) is 12.3. The van der Waals surface area contributed by atoms with Crippen molar-refractivity contribution in [2.45, 2.75) is 3.79 Å². The van der Waals surface area contributed by atoms with E-state index in [0.717, 1.165) is 0 Å². The van der Waals surface area contributed by atoms with E-state index in [9.17, 15) is 4.79 Å². The van der Waals surface area contributed by atoms with E-state index < -0.39 is 9.89 Å². The molecule has 1 heterocycles. The van der Waals surface area contributed by atoms with Gasteiger partial charge in [-0.3, -0.25) is 5.32 Å². The Labute approximate surface area is 139 Å². The molecule has 1 amide bonds. The normalized spacial score (nSPS) is 11.2. The van der Waals surface area contributed by atoms with Gasteiger partial charge in [0.1, 0.15) is 6.61 Å². The van der Waals surface area contributed by atoms with Gasteiger partial charge < -0.3 is 4.74 Å². The Bertz CT molecular complexity index is 696. The number of rotatable bonds is 3. The van der Waals surface area contributed by atoms with Gasteiger partial charge in [0.2, 0.25) is 8.56 Å². The van der Waals surface area contributed by atoms with Gasteiger partial charge in [-0.25, -0.2) is 9.48 Å². The lowest BCUT2D eigenvalue weighted by molar-refractivity contribution is 0.164. The second-order valence-electron chi connectivity index (χ2n) is 3.78. The van der Waals surface area contributed by atoms with Gasteiger partial charge in [0.05, 0.1) is 5.69 Å². The Hall–Kier alpha value is -1.35. The summed E-state index contributed by atoms with van der Waals surface area (Å²) in [6, 6.07) is 6.77. The number of alkyl halides is 3.